The summed E-state index contributed by atoms with van der Waals surface area (Å²) in [6.45, 7) is 0. The van der Waals surface area contributed by atoms with E-state index in [0.29, 0.717) is 15.4 Å². The molecule has 3 N–H and O–H groups in total. The second-order valence-electron chi connectivity index (χ2n) is 4.91. The topological polar surface area (TPSA) is 78.4 Å². The molecule has 0 radical (unpaired) electrons. The van der Waals surface area contributed by atoms with Crippen LogP contribution >= 0.6 is 27.7 Å². The number of urea groups is 1. The highest BCUT2D eigenvalue weighted by Crippen LogP contribution is 2.29. The van der Waals surface area contributed by atoms with Crippen molar-refractivity contribution in [2.75, 3.05) is 11.6 Å². The molecule has 114 valence electrons. The molecule has 1 aliphatic carbocycles. The second-order valence-corrected chi connectivity index (χ2v) is 6.84. The Hall–Kier alpha value is -1.21. The lowest BCUT2D eigenvalue weighted by Gasteiger charge is -2.19. The fourth-order valence-electron chi connectivity index (χ4n) is 2.45. The fraction of sp³-hybridized carbons (Fsp3) is 0.429. The molecule has 1 aliphatic rings. The minimum Gasteiger partial charge on any atom is -0.478 e. The quantitative estimate of drug-likeness (QED) is 0.754. The van der Waals surface area contributed by atoms with Crippen molar-refractivity contribution in [2.24, 2.45) is 0 Å². The summed E-state index contributed by atoms with van der Waals surface area (Å²) in [5.41, 5.74) is 0.724. The van der Waals surface area contributed by atoms with Crippen LogP contribution in [0.3, 0.4) is 0 Å². The van der Waals surface area contributed by atoms with Gasteiger partial charge >= 0.3 is 12.0 Å². The van der Waals surface area contributed by atoms with Crippen LogP contribution in [0.1, 0.15) is 29.6 Å². The molecule has 21 heavy (non-hydrogen) atoms. The van der Waals surface area contributed by atoms with E-state index in [1.807, 2.05) is 0 Å². The van der Waals surface area contributed by atoms with Crippen LogP contribution in [0, 0.1) is 0 Å². The van der Waals surface area contributed by atoms with Gasteiger partial charge in [-0.25, -0.2) is 9.59 Å². The first-order chi connectivity index (χ1) is 10.0. The maximum absolute atomic E-state index is 12.0. The second kappa shape index (κ2) is 7.17. The van der Waals surface area contributed by atoms with Crippen LogP contribution in [-0.2, 0) is 0 Å². The average Bonchev–Trinajstić information content (AvgIpc) is 2.87. The van der Waals surface area contributed by atoms with Gasteiger partial charge in [0.2, 0.25) is 0 Å². The highest BCUT2D eigenvalue weighted by atomic mass is 79.9. The summed E-state index contributed by atoms with van der Waals surface area (Å²) in [6.07, 6.45) is 5.32. The molecule has 1 fully saturated rings. The Balaban J connectivity index is 1.98. The number of nitrogens with one attached hydrogen (secondary N) is 2. The van der Waals surface area contributed by atoms with Crippen LogP contribution in [0.25, 0.3) is 0 Å². The van der Waals surface area contributed by atoms with Crippen LogP contribution in [0.2, 0.25) is 0 Å². The summed E-state index contributed by atoms with van der Waals surface area (Å²) in [5.74, 6) is -1.000. The van der Waals surface area contributed by atoms with Gasteiger partial charge in [0.15, 0.2) is 0 Å². The maximum atomic E-state index is 12.0. The van der Waals surface area contributed by atoms with E-state index in [1.165, 1.54) is 12.1 Å². The summed E-state index contributed by atoms with van der Waals surface area (Å²) < 4.78 is 0.547. The predicted molar refractivity (Wildman–Crippen MR) is 88.2 cm³/mol. The number of amides is 2. The first-order valence-electron chi connectivity index (χ1n) is 6.64. The number of rotatable bonds is 4. The maximum Gasteiger partial charge on any atom is 0.335 e. The van der Waals surface area contributed by atoms with Gasteiger partial charge in [0.1, 0.15) is 0 Å². The molecule has 0 saturated heterocycles. The molecule has 2 unspecified atom stereocenters. The number of carboxylic acid groups (broad SMARTS) is 1. The molecular weight excluding hydrogens is 356 g/mol. The van der Waals surface area contributed by atoms with Crippen molar-refractivity contribution in [1.82, 2.24) is 5.32 Å². The lowest BCUT2D eigenvalue weighted by molar-refractivity contribution is 0.0697. The monoisotopic (exact) mass is 372 g/mol. The van der Waals surface area contributed by atoms with Gasteiger partial charge in [0, 0.05) is 15.8 Å². The Kier molecular flexibility index (Phi) is 5.52. The van der Waals surface area contributed by atoms with Crippen molar-refractivity contribution in [2.45, 2.75) is 30.6 Å². The molecule has 0 aliphatic heterocycles. The number of thioether (sulfide) groups is 1. The summed E-state index contributed by atoms with van der Waals surface area (Å²) in [6, 6.07) is 4.44. The number of benzene rings is 1. The van der Waals surface area contributed by atoms with Crippen molar-refractivity contribution in [3.63, 3.8) is 0 Å². The molecule has 0 spiro atoms. The smallest absolute Gasteiger partial charge is 0.335 e. The summed E-state index contributed by atoms with van der Waals surface area (Å²) in [7, 11) is 0. The molecule has 2 amide bonds. The highest BCUT2D eigenvalue weighted by Gasteiger charge is 2.27. The van der Waals surface area contributed by atoms with Gasteiger partial charge in [0.25, 0.3) is 0 Å². The zero-order valence-electron chi connectivity index (χ0n) is 11.6. The minimum atomic E-state index is -1.000. The summed E-state index contributed by atoms with van der Waals surface area (Å²) in [4.78, 5) is 22.9. The Bertz CT molecular complexity index is 553. The van der Waals surface area contributed by atoms with E-state index in [-0.39, 0.29) is 17.6 Å². The molecule has 1 aromatic rings. The van der Waals surface area contributed by atoms with Gasteiger partial charge in [-0.05, 0) is 53.2 Å². The molecule has 1 aromatic carbocycles. The number of halogens is 1. The Morgan fingerprint density at radius 2 is 2.14 bits per heavy atom. The molecule has 0 heterocycles. The van der Waals surface area contributed by atoms with Crippen LogP contribution in [0.15, 0.2) is 22.7 Å². The molecule has 0 bridgehead atoms. The predicted octanol–water partition coefficient (Wildman–Crippen LogP) is 3.55. The third kappa shape index (κ3) is 4.14. The van der Waals surface area contributed by atoms with Crippen LogP contribution in [-0.4, -0.2) is 34.7 Å². The number of anilines is 1. The first-order valence-corrected chi connectivity index (χ1v) is 8.72. The van der Waals surface area contributed by atoms with Gasteiger partial charge in [-0.3, -0.25) is 0 Å². The first kappa shape index (κ1) is 16.2. The van der Waals surface area contributed by atoms with Crippen molar-refractivity contribution in [3.05, 3.63) is 28.2 Å². The molecule has 0 aromatic heterocycles. The molecule has 2 rings (SSSR count). The SMILES string of the molecule is CSC1CCCC1NC(=O)Nc1ccc(C(=O)O)cc1Br. The van der Waals surface area contributed by atoms with E-state index in [0.717, 1.165) is 19.3 Å². The number of carbonyl (C=O) groups is 2. The Labute approximate surface area is 136 Å². The van der Waals surface area contributed by atoms with Gasteiger partial charge in [-0.2, -0.15) is 11.8 Å². The molecule has 5 nitrogen and oxygen atoms in total. The van der Waals surface area contributed by atoms with Crippen molar-refractivity contribution in [1.29, 1.82) is 0 Å². The molecular formula is C14H17BrN2O3S. The molecule has 7 heteroatoms. The van der Waals surface area contributed by atoms with E-state index in [2.05, 4.69) is 32.8 Å². The van der Waals surface area contributed by atoms with Gasteiger partial charge in [-0.1, -0.05) is 6.42 Å². The summed E-state index contributed by atoms with van der Waals surface area (Å²) >= 11 is 5.05. The highest BCUT2D eigenvalue weighted by molar-refractivity contribution is 9.10. The number of carboxylic acids is 1. The minimum absolute atomic E-state index is 0.172. The third-order valence-electron chi connectivity index (χ3n) is 3.54. The van der Waals surface area contributed by atoms with E-state index in [4.69, 9.17) is 5.11 Å². The van der Waals surface area contributed by atoms with E-state index in [9.17, 15) is 9.59 Å². The van der Waals surface area contributed by atoms with E-state index >= 15 is 0 Å². The average molecular weight is 373 g/mol. The number of aromatic carboxylic acids is 1. The Morgan fingerprint density at radius 1 is 1.38 bits per heavy atom. The molecule has 2 atom stereocenters. The van der Waals surface area contributed by atoms with E-state index < -0.39 is 5.97 Å². The van der Waals surface area contributed by atoms with Gasteiger partial charge < -0.3 is 15.7 Å². The number of carbonyl (C=O) groups excluding carboxylic acids is 1. The van der Waals surface area contributed by atoms with Crippen molar-refractivity contribution < 1.29 is 14.7 Å². The number of hydrogen-bond donors (Lipinski definition) is 3. The third-order valence-corrected chi connectivity index (χ3v) is 5.36. The zero-order chi connectivity index (χ0) is 15.4. The van der Waals surface area contributed by atoms with Gasteiger partial charge in [0.05, 0.1) is 11.3 Å². The van der Waals surface area contributed by atoms with Crippen molar-refractivity contribution >= 4 is 45.4 Å². The Morgan fingerprint density at radius 3 is 2.76 bits per heavy atom. The van der Waals surface area contributed by atoms with Crippen LogP contribution < -0.4 is 10.6 Å². The molecule has 1 saturated carbocycles. The van der Waals surface area contributed by atoms with Crippen LogP contribution in [0.4, 0.5) is 10.5 Å². The van der Waals surface area contributed by atoms with Gasteiger partial charge in [-0.15, -0.1) is 0 Å². The fourth-order valence-corrected chi connectivity index (χ4v) is 3.86. The summed E-state index contributed by atoms with van der Waals surface area (Å²) in [5, 5.41) is 15.1. The standard InChI is InChI=1S/C14H17BrN2O3S/c1-21-12-4-2-3-11(12)17-14(20)16-10-6-5-8(13(18)19)7-9(10)15/h5-7,11-12H,2-4H2,1H3,(H,18,19)(H2,16,17,20). The normalized spacial score (nSPS) is 21.0. The zero-order valence-corrected chi connectivity index (χ0v) is 14.0. The van der Waals surface area contributed by atoms with Crippen molar-refractivity contribution in [3.8, 4) is 0 Å². The number of hydrogen-bond acceptors (Lipinski definition) is 3. The van der Waals surface area contributed by atoms with Crippen LogP contribution in [0.5, 0.6) is 0 Å². The lowest BCUT2D eigenvalue weighted by atomic mass is 10.2. The largest absolute Gasteiger partial charge is 0.478 e. The lowest BCUT2D eigenvalue weighted by Crippen LogP contribution is -2.41. The van der Waals surface area contributed by atoms with E-state index in [1.54, 1.807) is 17.8 Å².